The molecule has 0 spiro atoms. The normalized spacial score (nSPS) is 24.4. The van der Waals surface area contributed by atoms with Crippen LogP contribution < -0.4 is 4.90 Å². The Morgan fingerprint density at radius 1 is 1.02 bits per heavy atom. The lowest BCUT2D eigenvalue weighted by Crippen LogP contribution is -2.32. The number of benzene rings is 1. The largest absolute Gasteiger partial charge is 0.394 e. The number of nitrogens with zero attached hydrogens (tertiary/aromatic N) is 5. The van der Waals surface area contributed by atoms with Crippen LogP contribution in [-0.4, -0.2) is 115 Å². The number of hydrogen-bond acceptors (Lipinski definition) is 12. The summed E-state index contributed by atoms with van der Waals surface area (Å²) in [7, 11) is 0. The fourth-order valence-electron chi connectivity index (χ4n) is 6.51. The maximum Gasteiger partial charge on any atom is 0.226 e. The Balaban J connectivity index is 1.15. The quantitative estimate of drug-likeness (QED) is 0.129. The molecule has 0 amide bonds. The van der Waals surface area contributed by atoms with Gasteiger partial charge in [0.1, 0.15) is 30.7 Å². The second kappa shape index (κ2) is 15.5. The summed E-state index contributed by atoms with van der Waals surface area (Å²) in [5.74, 6) is 2.25. The first-order valence-corrected chi connectivity index (χ1v) is 16.4. The first kappa shape index (κ1) is 34.0. The minimum atomic E-state index is -0.824. The first-order chi connectivity index (χ1) is 22.9. The van der Waals surface area contributed by atoms with Crippen molar-refractivity contribution in [2.24, 2.45) is 0 Å². The Morgan fingerprint density at radius 2 is 1.72 bits per heavy atom. The van der Waals surface area contributed by atoms with Crippen molar-refractivity contribution in [2.75, 3.05) is 70.9 Å². The minimum absolute atomic E-state index is 0.0589. The Hall–Kier alpha value is -2.90. The average molecular weight is 672 g/mol. The van der Waals surface area contributed by atoms with Gasteiger partial charge in [0.05, 0.1) is 70.5 Å². The summed E-state index contributed by atoms with van der Waals surface area (Å²) in [5, 5.41) is 15.5. The zero-order valence-electron chi connectivity index (χ0n) is 26.8. The van der Waals surface area contributed by atoms with E-state index in [-0.39, 0.29) is 24.5 Å². The van der Waals surface area contributed by atoms with Gasteiger partial charge in [0, 0.05) is 6.54 Å². The highest BCUT2D eigenvalue weighted by Gasteiger charge is 2.56. The van der Waals surface area contributed by atoms with E-state index >= 15 is 0 Å². The predicted octanol–water partition coefficient (Wildman–Crippen LogP) is 3.08. The fourth-order valence-corrected chi connectivity index (χ4v) is 6.67. The standard InChI is InChI=1S/C33H42ClN5O8/c1-4-12-41-14-16-43-18-19-44-17-15-42-13-11-38(25-10-9-22-7-5-6-8-23(22)25)29-24-20-35-39(30(24)37-32(34)36-29)31-28-27(26(21-40)45-31)46-33(2,3)47-28/h1,5-8,20,25-28,31,40H,9-19,21H2,2-3H3/t25?,26-,27-,28-,31-/m1/s1. The van der Waals surface area contributed by atoms with E-state index in [4.69, 9.17) is 61.3 Å². The molecule has 0 saturated carbocycles. The van der Waals surface area contributed by atoms with Crippen LogP contribution in [0.4, 0.5) is 5.82 Å². The molecule has 0 bridgehead atoms. The number of ether oxygens (including phenoxy) is 7. The zero-order chi connectivity index (χ0) is 32.8. The van der Waals surface area contributed by atoms with Crippen LogP contribution in [0.2, 0.25) is 5.28 Å². The van der Waals surface area contributed by atoms with E-state index in [0.717, 1.165) is 18.2 Å². The third-order valence-corrected chi connectivity index (χ3v) is 8.65. The van der Waals surface area contributed by atoms with Crippen LogP contribution in [0, 0.1) is 12.3 Å². The molecular weight excluding hydrogens is 630 g/mol. The molecule has 14 heteroatoms. The molecule has 2 aromatic heterocycles. The molecule has 1 N–H and O–H groups in total. The van der Waals surface area contributed by atoms with Gasteiger partial charge in [0.15, 0.2) is 17.7 Å². The van der Waals surface area contributed by atoms with Gasteiger partial charge in [-0.25, -0.2) is 4.68 Å². The second-order valence-corrected chi connectivity index (χ2v) is 12.3. The van der Waals surface area contributed by atoms with Crippen LogP contribution in [0.5, 0.6) is 0 Å². The number of hydrogen-bond donors (Lipinski definition) is 1. The molecular formula is C33H42ClN5O8. The van der Waals surface area contributed by atoms with Gasteiger partial charge in [-0.15, -0.1) is 6.42 Å². The third kappa shape index (κ3) is 7.72. The monoisotopic (exact) mass is 671 g/mol. The van der Waals surface area contributed by atoms with Crippen molar-refractivity contribution in [3.63, 3.8) is 0 Å². The van der Waals surface area contributed by atoms with Crippen LogP contribution in [-0.2, 0) is 39.6 Å². The molecule has 2 fully saturated rings. The van der Waals surface area contributed by atoms with Crippen molar-refractivity contribution in [1.82, 2.24) is 19.7 Å². The Bertz CT molecular complexity index is 1530. The number of aliphatic hydroxyl groups excluding tert-OH is 1. The van der Waals surface area contributed by atoms with E-state index in [9.17, 15) is 5.11 Å². The molecule has 2 saturated heterocycles. The summed E-state index contributed by atoms with van der Waals surface area (Å²) in [6, 6.07) is 8.54. The molecule has 5 atom stereocenters. The number of aromatic nitrogens is 4. The fraction of sp³-hybridized carbons (Fsp3) is 0.606. The topological polar surface area (TPSA) is 132 Å². The highest BCUT2D eigenvalue weighted by molar-refractivity contribution is 6.28. The molecule has 3 aliphatic rings. The smallest absolute Gasteiger partial charge is 0.226 e. The molecule has 0 radical (unpaired) electrons. The van der Waals surface area contributed by atoms with Gasteiger partial charge >= 0.3 is 0 Å². The van der Waals surface area contributed by atoms with E-state index in [1.165, 1.54) is 11.1 Å². The molecule has 4 heterocycles. The first-order valence-electron chi connectivity index (χ1n) is 16.0. The molecule has 1 unspecified atom stereocenters. The van der Waals surface area contributed by atoms with Crippen molar-refractivity contribution >= 4 is 28.5 Å². The lowest BCUT2D eigenvalue weighted by molar-refractivity contribution is -0.201. The minimum Gasteiger partial charge on any atom is -0.394 e. The van der Waals surface area contributed by atoms with Gasteiger partial charge in [0.25, 0.3) is 0 Å². The van der Waals surface area contributed by atoms with Gasteiger partial charge in [-0.3, -0.25) is 0 Å². The Morgan fingerprint density at radius 3 is 2.47 bits per heavy atom. The van der Waals surface area contributed by atoms with Crippen molar-refractivity contribution in [1.29, 1.82) is 0 Å². The van der Waals surface area contributed by atoms with Crippen LogP contribution in [0.1, 0.15) is 43.7 Å². The molecule has 2 aliphatic heterocycles. The molecule has 3 aromatic rings. The molecule has 13 nitrogen and oxygen atoms in total. The van der Waals surface area contributed by atoms with Gasteiger partial charge in [-0.1, -0.05) is 30.2 Å². The number of rotatable bonds is 17. The van der Waals surface area contributed by atoms with E-state index in [1.807, 2.05) is 13.8 Å². The van der Waals surface area contributed by atoms with Crippen molar-refractivity contribution in [2.45, 2.75) is 63.1 Å². The summed E-state index contributed by atoms with van der Waals surface area (Å²) < 4.78 is 42.4. The van der Waals surface area contributed by atoms with E-state index in [0.29, 0.717) is 64.3 Å². The zero-order valence-corrected chi connectivity index (χ0v) is 27.5. The number of fused-ring (bicyclic) bond motifs is 3. The second-order valence-electron chi connectivity index (χ2n) is 12.0. The Kier molecular flexibility index (Phi) is 11.2. The van der Waals surface area contributed by atoms with Crippen LogP contribution in [0.3, 0.4) is 0 Å². The lowest BCUT2D eigenvalue weighted by Gasteiger charge is -2.31. The molecule has 254 valence electrons. The third-order valence-electron chi connectivity index (χ3n) is 8.48. The van der Waals surface area contributed by atoms with E-state index in [2.05, 4.69) is 40.1 Å². The van der Waals surface area contributed by atoms with Gasteiger partial charge in [-0.2, -0.15) is 15.1 Å². The summed E-state index contributed by atoms with van der Waals surface area (Å²) in [5.41, 5.74) is 3.07. The number of aryl methyl sites for hydroxylation is 1. The summed E-state index contributed by atoms with van der Waals surface area (Å²) >= 11 is 6.61. The van der Waals surface area contributed by atoms with E-state index < -0.39 is 30.3 Å². The number of anilines is 1. The number of aliphatic hydroxyl groups is 1. The summed E-state index contributed by atoms with van der Waals surface area (Å²) in [4.78, 5) is 11.6. The van der Waals surface area contributed by atoms with Crippen molar-refractivity contribution in [3.05, 3.63) is 46.9 Å². The van der Waals surface area contributed by atoms with Crippen molar-refractivity contribution < 1.29 is 38.3 Å². The molecule has 1 aliphatic carbocycles. The summed E-state index contributed by atoms with van der Waals surface area (Å²) in [6.45, 7) is 7.49. The maximum atomic E-state index is 10.0. The molecule has 1 aromatic carbocycles. The van der Waals surface area contributed by atoms with Gasteiger partial charge in [-0.05, 0) is 49.4 Å². The maximum absolute atomic E-state index is 10.0. The molecule has 6 rings (SSSR count). The highest BCUT2D eigenvalue weighted by Crippen LogP contribution is 2.45. The van der Waals surface area contributed by atoms with Crippen LogP contribution in [0.15, 0.2) is 30.5 Å². The predicted molar refractivity (Wildman–Crippen MR) is 172 cm³/mol. The SMILES string of the molecule is C#CCOCCOCCOCCOCCN(c1nc(Cl)nc2c1cnn2[C@@H]1O[C@H](CO)[C@H]2OC(C)(C)O[C@H]21)C1CCc2ccccc21. The van der Waals surface area contributed by atoms with Gasteiger partial charge in [0.2, 0.25) is 5.28 Å². The Labute approximate surface area is 279 Å². The van der Waals surface area contributed by atoms with E-state index in [1.54, 1.807) is 10.9 Å². The van der Waals surface area contributed by atoms with Crippen LogP contribution >= 0.6 is 11.6 Å². The van der Waals surface area contributed by atoms with Gasteiger partial charge < -0.3 is 43.2 Å². The highest BCUT2D eigenvalue weighted by atomic mass is 35.5. The number of halogens is 1. The lowest BCUT2D eigenvalue weighted by atomic mass is 10.1. The summed E-state index contributed by atoms with van der Waals surface area (Å²) in [6.07, 6.45) is 6.58. The number of terminal acetylenes is 1. The van der Waals surface area contributed by atoms with Crippen LogP contribution in [0.25, 0.3) is 11.0 Å². The average Bonchev–Trinajstić information content (AvgIpc) is 3.82. The van der Waals surface area contributed by atoms with Crippen molar-refractivity contribution in [3.8, 4) is 12.3 Å². The molecule has 47 heavy (non-hydrogen) atoms.